The van der Waals surface area contributed by atoms with E-state index in [1.807, 2.05) is 0 Å². The first-order chi connectivity index (χ1) is 7.20. The Labute approximate surface area is 91.0 Å². The molecule has 2 rings (SSSR count). The van der Waals surface area contributed by atoms with Gasteiger partial charge in [-0.1, -0.05) is 19.3 Å². The summed E-state index contributed by atoms with van der Waals surface area (Å²) in [6, 6.07) is 0.0391. The van der Waals surface area contributed by atoms with E-state index in [1.165, 1.54) is 19.3 Å². The first kappa shape index (κ1) is 10.9. The van der Waals surface area contributed by atoms with E-state index >= 15 is 0 Å². The molecule has 4 nitrogen and oxygen atoms in total. The van der Waals surface area contributed by atoms with Gasteiger partial charge in [-0.25, -0.2) is 0 Å². The predicted octanol–water partition coefficient (Wildman–Crippen LogP) is 0.126. The lowest BCUT2D eigenvalue weighted by Crippen LogP contribution is -2.57. The zero-order valence-electron chi connectivity index (χ0n) is 9.22. The van der Waals surface area contributed by atoms with Crippen molar-refractivity contribution in [1.82, 2.24) is 10.6 Å². The largest absolute Gasteiger partial charge is 0.353 e. The van der Waals surface area contributed by atoms with E-state index in [4.69, 9.17) is 5.73 Å². The van der Waals surface area contributed by atoms with Gasteiger partial charge in [-0.15, -0.1) is 0 Å². The molecule has 0 bridgehead atoms. The molecule has 0 radical (unpaired) electrons. The summed E-state index contributed by atoms with van der Waals surface area (Å²) in [5.41, 5.74) is 6.09. The molecule has 0 unspecified atom stereocenters. The highest BCUT2D eigenvalue weighted by molar-refractivity contribution is 5.82. The van der Waals surface area contributed by atoms with Crippen LogP contribution in [0.1, 0.15) is 38.5 Å². The first-order valence-electron chi connectivity index (χ1n) is 6.00. The molecular weight excluding hydrogens is 190 g/mol. The lowest BCUT2D eigenvalue weighted by Gasteiger charge is -2.35. The Morgan fingerprint density at radius 2 is 2.07 bits per heavy atom. The van der Waals surface area contributed by atoms with Crippen LogP contribution in [0.25, 0.3) is 0 Å². The molecule has 1 heterocycles. The minimum absolute atomic E-state index is 0.0391. The van der Waals surface area contributed by atoms with Gasteiger partial charge in [-0.3, -0.25) is 4.79 Å². The Morgan fingerprint density at radius 1 is 1.40 bits per heavy atom. The van der Waals surface area contributed by atoms with Crippen LogP contribution in [0.15, 0.2) is 0 Å². The molecule has 0 spiro atoms. The van der Waals surface area contributed by atoms with Gasteiger partial charge in [0, 0.05) is 12.1 Å². The number of carbonyl (C=O) groups is 1. The van der Waals surface area contributed by atoms with Crippen LogP contribution in [0.3, 0.4) is 0 Å². The van der Waals surface area contributed by atoms with E-state index in [1.54, 1.807) is 0 Å². The summed E-state index contributed by atoms with van der Waals surface area (Å²) in [7, 11) is 0. The fourth-order valence-electron chi connectivity index (χ4n) is 2.33. The van der Waals surface area contributed by atoms with Gasteiger partial charge < -0.3 is 16.4 Å². The number of carbonyl (C=O) groups excluding carboxylic acids is 1. The second-order valence-corrected chi connectivity index (χ2v) is 4.94. The Kier molecular flexibility index (Phi) is 3.26. The van der Waals surface area contributed by atoms with Crippen LogP contribution in [0.4, 0.5) is 0 Å². The molecule has 2 aliphatic rings. The van der Waals surface area contributed by atoms with Gasteiger partial charge in [0.15, 0.2) is 0 Å². The van der Waals surface area contributed by atoms with Crippen molar-refractivity contribution in [3.8, 4) is 0 Å². The number of hydrogen-bond acceptors (Lipinski definition) is 3. The van der Waals surface area contributed by atoms with E-state index < -0.39 is 0 Å². The van der Waals surface area contributed by atoms with Gasteiger partial charge in [0.25, 0.3) is 0 Å². The second-order valence-electron chi connectivity index (χ2n) is 4.94. The minimum atomic E-state index is -0.141. The summed E-state index contributed by atoms with van der Waals surface area (Å²) in [4.78, 5) is 11.6. The molecule has 0 aromatic carbocycles. The van der Waals surface area contributed by atoms with Gasteiger partial charge in [0.05, 0.1) is 6.04 Å². The first-order valence-corrected chi connectivity index (χ1v) is 6.00. The van der Waals surface area contributed by atoms with Gasteiger partial charge in [0.2, 0.25) is 5.91 Å². The molecule has 1 saturated carbocycles. The van der Waals surface area contributed by atoms with Crippen LogP contribution in [-0.2, 0) is 4.79 Å². The highest BCUT2D eigenvalue weighted by Gasteiger charge is 2.30. The van der Waals surface area contributed by atoms with Crippen LogP contribution < -0.4 is 16.4 Å². The predicted molar refractivity (Wildman–Crippen MR) is 59.4 cm³/mol. The van der Waals surface area contributed by atoms with Gasteiger partial charge in [-0.05, 0) is 25.8 Å². The van der Waals surface area contributed by atoms with Crippen LogP contribution >= 0.6 is 0 Å². The molecule has 86 valence electrons. The fraction of sp³-hybridized carbons (Fsp3) is 0.909. The van der Waals surface area contributed by atoms with Crippen molar-refractivity contribution < 1.29 is 4.79 Å². The second kappa shape index (κ2) is 4.49. The monoisotopic (exact) mass is 211 g/mol. The summed E-state index contributed by atoms with van der Waals surface area (Å²) in [6.07, 6.45) is 6.75. The molecule has 1 atom stereocenters. The molecule has 1 aliphatic heterocycles. The van der Waals surface area contributed by atoms with Gasteiger partial charge in [0.1, 0.15) is 0 Å². The number of rotatable bonds is 3. The lowest BCUT2D eigenvalue weighted by molar-refractivity contribution is -0.125. The van der Waals surface area contributed by atoms with Crippen molar-refractivity contribution in [3.05, 3.63) is 0 Å². The maximum Gasteiger partial charge on any atom is 0.237 e. The van der Waals surface area contributed by atoms with Crippen LogP contribution in [0.2, 0.25) is 0 Å². The van der Waals surface area contributed by atoms with E-state index in [-0.39, 0.29) is 17.5 Å². The van der Waals surface area contributed by atoms with Crippen LogP contribution in [-0.4, -0.2) is 30.6 Å². The molecule has 0 aromatic heterocycles. The SMILES string of the molecule is NC1(CNC(=O)[C@H]2CCN2)CCCCC1. The molecule has 2 fully saturated rings. The summed E-state index contributed by atoms with van der Waals surface area (Å²) in [5.74, 6) is 0.122. The van der Waals surface area contributed by atoms with Crippen molar-refractivity contribution in [2.45, 2.75) is 50.1 Å². The zero-order valence-corrected chi connectivity index (χ0v) is 9.22. The normalized spacial score (nSPS) is 29.3. The average molecular weight is 211 g/mol. The Morgan fingerprint density at radius 3 is 2.60 bits per heavy atom. The van der Waals surface area contributed by atoms with Crippen molar-refractivity contribution in [2.75, 3.05) is 13.1 Å². The zero-order chi connectivity index (χ0) is 10.7. The third-order valence-electron chi connectivity index (χ3n) is 3.60. The van der Waals surface area contributed by atoms with Gasteiger partial charge >= 0.3 is 0 Å². The van der Waals surface area contributed by atoms with E-state index in [2.05, 4.69) is 10.6 Å². The fourth-order valence-corrected chi connectivity index (χ4v) is 2.33. The topological polar surface area (TPSA) is 67.1 Å². The lowest BCUT2D eigenvalue weighted by atomic mass is 9.82. The highest BCUT2D eigenvalue weighted by atomic mass is 16.2. The third kappa shape index (κ3) is 2.69. The Bertz CT molecular complexity index is 232. The molecule has 15 heavy (non-hydrogen) atoms. The van der Waals surface area contributed by atoms with Crippen molar-refractivity contribution in [3.63, 3.8) is 0 Å². The number of amides is 1. The van der Waals surface area contributed by atoms with E-state index in [9.17, 15) is 4.79 Å². The molecule has 1 aliphatic carbocycles. The Hall–Kier alpha value is -0.610. The maximum absolute atomic E-state index is 11.6. The summed E-state index contributed by atoms with van der Waals surface area (Å²) in [6.45, 7) is 1.61. The van der Waals surface area contributed by atoms with Crippen molar-refractivity contribution in [2.24, 2.45) is 5.73 Å². The number of nitrogens with one attached hydrogen (secondary N) is 2. The molecule has 4 N–H and O–H groups in total. The molecule has 4 heteroatoms. The van der Waals surface area contributed by atoms with Gasteiger partial charge in [-0.2, -0.15) is 0 Å². The standard InChI is InChI=1S/C11H21N3O/c12-11(5-2-1-3-6-11)8-14-10(15)9-4-7-13-9/h9,13H,1-8,12H2,(H,14,15)/t9-/m1/s1. The Balaban J connectivity index is 1.73. The van der Waals surface area contributed by atoms with E-state index in [0.29, 0.717) is 6.54 Å². The summed E-state index contributed by atoms with van der Waals surface area (Å²) in [5, 5.41) is 6.06. The number of nitrogens with two attached hydrogens (primary N) is 1. The average Bonchev–Trinajstić information content (AvgIpc) is 2.14. The van der Waals surface area contributed by atoms with Crippen molar-refractivity contribution in [1.29, 1.82) is 0 Å². The molecule has 0 aromatic rings. The highest BCUT2D eigenvalue weighted by Crippen LogP contribution is 2.25. The smallest absolute Gasteiger partial charge is 0.237 e. The van der Waals surface area contributed by atoms with Crippen LogP contribution in [0.5, 0.6) is 0 Å². The quantitative estimate of drug-likeness (QED) is 0.621. The minimum Gasteiger partial charge on any atom is -0.353 e. The summed E-state index contributed by atoms with van der Waals surface area (Å²) < 4.78 is 0. The summed E-state index contributed by atoms with van der Waals surface area (Å²) >= 11 is 0. The molecule has 1 saturated heterocycles. The maximum atomic E-state index is 11.6. The van der Waals surface area contributed by atoms with E-state index in [0.717, 1.165) is 25.8 Å². The molecular formula is C11H21N3O. The number of hydrogen-bond donors (Lipinski definition) is 3. The molecule has 1 amide bonds. The third-order valence-corrected chi connectivity index (χ3v) is 3.60. The van der Waals surface area contributed by atoms with Crippen LogP contribution in [0, 0.1) is 0 Å². The van der Waals surface area contributed by atoms with Crippen molar-refractivity contribution >= 4 is 5.91 Å².